The van der Waals surface area contributed by atoms with Gasteiger partial charge in [0.2, 0.25) is 0 Å². The molecule has 0 heterocycles. The quantitative estimate of drug-likeness (QED) is 0.401. The molecular formula is LaNO3+2. The first-order valence-corrected chi connectivity index (χ1v) is 0.548. The van der Waals surface area contributed by atoms with Gasteiger partial charge < -0.3 is 15.3 Å². The minimum absolute atomic E-state index is 0. The van der Waals surface area contributed by atoms with Crippen molar-refractivity contribution in [2.45, 2.75) is 0 Å². The van der Waals surface area contributed by atoms with Crippen LogP contribution >= 0.6 is 0 Å². The van der Waals surface area contributed by atoms with Crippen molar-refractivity contribution in [3.63, 3.8) is 0 Å². The Labute approximate surface area is 55.9 Å². The molecule has 0 amide bonds. The number of hydrogen-bond acceptors (Lipinski definition) is 3. The van der Waals surface area contributed by atoms with Crippen molar-refractivity contribution in [3.8, 4) is 0 Å². The molecule has 5 heteroatoms. The molecule has 0 bridgehead atoms. The van der Waals surface area contributed by atoms with E-state index in [0.717, 1.165) is 0 Å². The molecule has 0 spiro atoms. The Morgan fingerprint density at radius 3 is 1.40 bits per heavy atom. The van der Waals surface area contributed by atoms with Gasteiger partial charge >= 0.3 is 35.6 Å². The number of hydrogen-bond donors (Lipinski definition) is 0. The molecule has 0 aromatic rings. The smallest absolute Gasteiger partial charge is 0.356 e. The minimum Gasteiger partial charge on any atom is -0.356 e. The molecule has 0 rings (SSSR count). The van der Waals surface area contributed by atoms with Gasteiger partial charge in [0.05, 0.1) is 5.09 Å². The van der Waals surface area contributed by atoms with Crippen molar-refractivity contribution in [2.75, 3.05) is 0 Å². The van der Waals surface area contributed by atoms with E-state index in [9.17, 15) is 0 Å². The standard InChI is InChI=1S/La.NO3/c;2-1(3)4/q+3;-1. The Hall–Kier alpha value is 0.395. The van der Waals surface area contributed by atoms with E-state index < -0.39 is 5.09 Å². The maximum Gasteiger partial charge on any atom is 3.00 e. The molecule has 5 heavy (non-hydrogen) atoms. The molecule has 0 aromatic heterocycles. The average Bonchev–Trinajstić information content (AvgIpc) is 0.811. The zero-order valence-electron chi connectivity index (χ0n) is 2.25. The van der Waals surface area contributed by atoms with Crippen LogP contribution < -0.4 is 0 Å². The molecule has 0 aliphatic rings. The molecule has 0 aliphatic heterocycles. The van der Waals surface area contributed by atoms with Gasteiger partial charge in [-0.05, 0) is 0 Å². The third-order valence-electron chi connectivity index (χ3n) is 0. The van der Waals surface area contributed by atoms with E-state index in [1.165, 1.54) is 0 Å². The predicted octanol–water partition coefficient (Wildman–Crippen LogP) is -0.239. The van der Waals surface area contributed by atoms with Crippen LogP contribution in [0.1, 0.15) is 0 Å². The van der Waals surface area contributed by atoms with Crippen molar-refractivity contribution < 1.29 is 40.7 Å². The first kappa shape index (κ1) is 9.04. The summed E-state index contributed by atoms with van der Waals surface area (Å²) in [5, 5.41) is 14.8. The minimum atomic E-state index is -1.75. The molecule has 0 unspecified atom stereocenters. The van der Waals surface area contributed by atoms with Crippen molar-refractivity contribution in [1.82, 2.24) is 0 Å². The largest absolute Gasteiger partial charge is 3.00 e. The third kappa shape index (κ3) is 162. The Bertz CT molecular complexity index is 29.9. The molecule has 0 radical (unpaired) electrons. The van der Waals surface area contributed by atoms with E-state index in [4.69, 9.17) is 15.3 Å². The van der Waals surface area contributed by atoms with Crippen LogP contribution in [0.5, 0.6) is 0 Å². The first-order chi connectivity index (χ1) is 1.73. The Morgan fingerprint density at radius 2 is 1.40 bits per heavy atom. The van der Waals surface area contributed by atoms with E-state index in [2.05, 4.69) is 0 Å². The Kier molecular flexibility index (Phi) is 7.95. The summed E-state index contributed by atoms with van der Waals surface area (Å²) in [7, 11) is 0. The summed E-state index contributed by atoms with van der Waals surface area (Å²) >= 11 is 0. The first-order valence-electron chi connectivity index (χ1n) is 0.548. The van der Waals surface area contributed by atoms with Crippen molar-refractivity contribution in [1.29, 1.82) is 0 Å². The van der Waals surface area contributed by atoms with Crippen LogP contribution in [-0.4, -0.2) is 5.09 Å². The summed E-state index contributed by atoms with van der Waals surface area (Å²) in [5.74, 6) is 0. The molecule has 4 nitrogen and oxygen atoms in total. The molecule has 0 aromatic carbocycles. The fourth-order valence-electron chi connectivity index (χ4n) is 0. The Morgan fingerprint density at radius 1 is 1.40 bits per heavy atom. The van der Waals surface area contributed by atoms with Gasteiger partial charge in [0, 0.05) is 0 Å². The van der Waals surface area contributed by atoms with Crippen LogP contribution in [0.4, 0.5) is 0 Å². The van der Waals surface area contributed by atoms with Gasteiger partial charge in [0.1, 0.15) is 0 Å². The Balaban J connectivity index is 0. The van der Waals surface area contributed by atoms with E-state index in [1.807, 2.05) is 0 Å². The molecule has 0 aliphatic carbocycles. The van der Waals surface area contributed by atoms with Gasteiger partial charge in [0.15, 0.2) is 0 Å². The second-order valence-corrected chi connectivity index (χ2v) is 0.224. The van der Waals surface area contributed by atoms with Gasteiger partial charge in [-0.1, -0.05) is 0 Å². The molecule has 0 fully saturated rings. The fraction of sp³-hybridized carbons (Fsp3) is 0. The fourth-order valence-corrected chi connectivity index (χ4v) is 0. The van der Waals surface area contributed by atoms with Gasteiger partial charge in [-0.25, -0.2) is 0 Å². The second-order valence-electron chi connectivity index (χ2n) is 0.224. The SMILES string of the molecule is O=[N+]([O-])[O-].[La+3]. The van der Waals surface area contributed by atoms with Gasteiger partial charge in [-0.15, -0.1) is 0 Å². The second kappa shape index (κ2) is 4.39. The normalized spacial score (nSPS) is 4.80. The molecule has 0 saturated carbocycles. The van der Waals surface area contributed by atoms with Crippen LogP contribution in [0.15, 0.2) is 0 Å². The van der Waals surface area contributed by atoms with E-state index in [0.29, 0.717) is 0 Å². The maximum absolute atomic E-state index is 8.25. The van der Waals surface area contributed by atoms with Gasteiger partial charge in [0.25, 0.3) is 0 Å². The summed E-state index contributed by atoms with van der Waals surface area (Å²) in [5.41, 5.74) is 0. The zero-order chi connectivity index (χ0) is 3.58. The van der Waals surface area contributed by atoms with Crippen molar-refractivity contribution >= 4 is 0 Å². The van der Waals surface area contributed by atoms with Crippen LogP contribution in [0.25, 0.3) is 0 Å². The molecule has 0 atom stereocenters. The van der Waals surface area contributed by atoms with Crippen molar-refractivity contribution in [2.24, 2.45) is 0 Å². The van der Waals surface area contributed by atoms with Gasteiger partial charge in [-0.2, -0.15) is 0 Å². The van der Waals surface area contributed by atoms with Crippen LogP contribution in [0.2, 0.25) is 0 Å². The number of rotatable bonds is 0. The van der Waals surface area contributed by atoms with Crippen LogP contribution in [0, 0.1) is 50.9 Å². The van der Waals surface area contributed by atoms with Crippen molar-refractivity contribution in [3.05, 3.63) is 15.3 Å². The summed E-state index contributed by atoms with van der Waals surface area (Å²) < 4.78 is 0. The maximum atomic E-state index is 8.25. The topological polar surface area (TPSA) is 66.2 Å². The third-order valence-corrected chi connectivity index (χ3v) is 0. The monoisotopic (exact) mass is 201 g/mol. The predicted molar refractivity (Wildman–Crippen MR) is 10.4 cm³/mol. The molecular weight excluding hydrogens is 201 g/mol. The van der Waals surface area contributed by atoms with Crippen LogP contribution in [0.3, 0.4) is 0 Å². The summed E-state index contributed by atoms with van der Waals surface area (Å²) in [6, 6.07) is 0. The summed E-state index contributed by atoms with van der Waals surface area (Å²) in [4.78, 5) is 8.25. The molecule has 24 valence electrons. The van der Waals surface area contributed by atoms with E-state index in [-0.39, 0.29) is 35.6 Å². The molecule has 0 N–H and O–H groups in total. The van der Waals surface area contributed by atoms with E-state index in [1.54, 1.807) is 0 Å². The summed E-state index contributed by atoms with van der Waals surface area (Å²) in [6.07, 6.45) is 0. The molecule has 0 saturated heterocycles. The number of nitrogens with zero attached hydrogens (tertiary/aromatic N) is 1. The summed E-state index contributed by atoms with van der Waals surface area (Å²) in [6.45, 7) is 0. The van der Waals surface area contributed by atoms with Crippen LogP contribution in [-0.2, 0) is 0 Å². The van der Waals surface area contributed by atoms with Gasteiger partial charge in [-0.3, -0.25) is 0 Å². The average molecular weight is 201 g/mol. The zero-order valence-corrected chi connectivity index (χ0v) is 5.88. The van der Waals surface area contributed by atoms with E-state index >= 15 is 0 Å².